The summed E-state index contributed by atoms with van der Waals surface area (Å²) in [4.78, 5) is 7.44. The van der Waals surface area contributed by atoms with Crippen LogP contribution in [0.15, 0.2) is 41.8 Å². The summed E-state index contributed by atoms with van der Waals surface area (Å²) in [6.07, 6.45) is 9.43. The molecule has 0 fully saturated rings. The van der Waals surface area contributed by atoms with Crippen LogP contribution in [0.2, 0.25) is 0 Å². The van der Waals surface area contributed by atoms with Gasteiger partial charge < -0.3 is 4.52 Å². The summed E-state index contributed by atoms with van der Waals surface area (Å²) >= 11 is 0. The van der Waals surface area contributed by atoms with E-state index in [1.54, 1.807) is 24.8 Å². The normalized spacial score (nSPS) is 8.00. The van der Waals surface area contributed by atoms with Gasteiger partial charge in [-0.3, -0.25) is 9.97 Å². The summed E-state index contributed by atoms with van der Waals surface area (Å²) in [6, 6.07) is 0. The molecular weight excluding hydrogens is 144 g/mol. The van der Waals surface area contributed by atoms with Gasteiger partial charge in [0.1, 0.15) is 6.26 Å². The molecule has 0 saturated heterocycles. The zero-order chi connectivity index (χ0) is 7.78. The van der Waals surface area contributed by atoms with Gasteiger partial charge in [-0.1, -0.05) is 0 Å². The van der Waals surface area contributed by atoms with Crippen LogP contribution in [-0.2, 0) is 0 Å². The molecule has 2 aromatic rings. The Labute approximate surface area is 63.1 Å². The summed E-state index contributed by atoms with van der Waals surface area (Å²) in [5, 5.41) is 6.40. The van der Waals surface area contributed by atoms with Gasteiger partial charge in [-0.2, -0.15) is 0 Å². The number of hydrogen-bond donors (Lipinski definition) is 0. The quantitative estimate of drug-likeness (QED) is 0.548. The van der Waals surface area contributed by atoms with E-state index >= 15 is 0 Å². The molecule has 0 spiro atoms. The minimum atomic E-state index is 1.40. The largest absolute Gasteiger partial charge is 0.346 e. The van der Waals surface area contributed by atoms with Crippen LogP contribution in [0.3, 0.4) is 0 Å². The molecule has 56 valence electrons. The predicted molar refractivity (Wildman–Crippen MR) is 36.3 cm³/mol. The molecule has 0 aromatic carbocycles. The molecule has 0 bridgehead atoms. The van der Waals surface area contributed by atoms with E-state index in [1.807, 2.05) is 0 Å². The Hall–Kier alpha value is -1.78. The third-order valence-electron chi connectivity index (χ3n) is 0.760. The first-order chi connectivity index (χ1) is 5.50. The second kappa shape index (κ2) is 5.04. The molecule has 0 radical (unpaired) electrons. The van der Waals surface area contributed by atoms with Crippen molar-refractivity contribution >= 4 is 0 Å². The Morgan fingerprint density at radius 1 is 0.818 bits per heavy atom. The fourth-order valence-electron chi connectivity index (χ4n) is 0.389. The molecule has 2 heterocycles. The summed E-state index contributed by atoms with van der Waals surface area (Å²) < 4.78 is 4.22. The third-order valence-corrected chi connectivity index (χ3v) is 0.760. The molecule has 0 saturated carbocycles. The average Bonchev–Trinajstić information content (AvgIpc) is 2.64. The molecule has 0 aliphatic rings. The van der Waals surface area contributed by atoms with Crippen LogP contribution in [0.25, 0.3) is 0 Å². The number of nitrogens with zero attached hydrogens (tertiary/aromatic N) is 4. The highest BCUT2D eigenvalue weighted by atomic mass is 16.5. The van der Waals surface area contributed by atoms with E-state index in [9.17, 15) is 0 Å². The Morgan fingerprint density at radius 3 is 1.64 bits per heavy atom. The first-order valence-corrected chi connectivity index (χ1v) is 2.91. The SMILES string of the molecule is c1cnccn1.c1conn1. The van der Waals surface area contributed by atoms with Crippen LogP contribution in [0.4, 0.5) is 0 Å². The Morgan fingerprint density at radius 2 is 1.45 bits per heavy atom. The van der Waals surface area contributed by atoms with E-state index in [2.05, 4.69) is 24.9 Å². The summed E-state index contributed by atoms with van der Waals surface area (Å²) in [6.45, 7) is 0. The highest BCUT2D eigenvalue weighted by molar-refractivity contribution is 4.70. The minimum Gasteiger partial charge on any atom is -0.346 e. The monoisotopic (exact) mass is 150 g/mol. The lowest BCUT2D eigenvalue weighted by Gasteiger charge is -1.70. The maximum atomic E-state index is 4.22. The molecule has 5 heteroatoms. The van der Waals surface area contributed by atoms with Gasteiger partial charge in [0.05, 0.1) is 6.20 Å². The Bertz CT molecular complexity index is 200. The van der Waals surface area contributed by atoms with Crippen molar-refractivity contribution in [3.05, 3.63) is 37.2 Å². The Balaban J connectivity index is 0.000000112. The summed E-state index contributed by atoms with van der Waals surface area (Å²) in [7, 11) is 0. The summed E-state index contributed by atoms with van der Waals surface area (Å²) in [5.41, 5.74) is 0. The number of rotatable bonds is 0. The van der Waals surface area contributed by atoms with Crippen molar-refractivity contribution in [1.82, 2.24) is 20.3 Å². The molecule has 0 aliphatic heterocycles. The topological polar surface area (TPSA) is 64.7 Å². The molecule has 0 atom stereocenters. The van der Waals surface area contributed by atoms with E-state index < -0.39 is 0 Å². The highest BCUT2D eigenvalue weighted by Gasteiger charge is 1.61. The Kier molecular flexibility index (Phi) is 3.36. The number of hydrogen-bond acceptors (Lipinski definition) is 5. The van der Waals surface area contributed by atoms with E-state index in [4.69, 9.17) is 0 Å². The van der Waals surface area contributed by atoms with E-state index in [0.29, 0.717) is 0 Å². The molecule has 2 aromatic heterocycles. The zero-order valence-corrected chi connectivity index (χ0v) is 5.66. The van der Waals surface area contributed by atoms with Crippen molar-refractivity contribution in [2.45, 2.75) is 0 Å². The van der Waals surface area contributed by atoms with Crippen LogP contribution in [0.5, 0.6) is 0 Å². The maximum absolute atomic E-state index is 4.22. The van der Waals surface area contributed by atoms with Gasteiger partial charge in [0.15, 0.2) is 0 Å². The van der Waals surface area contributed by atoms with Gasteiger partial charge in [-0.05, 0) is 0 Å². The van der Waals surface area contributed by atoms with Crippen LogP contribution >= 0.6 is 0 Å². The molecular formula is C6H6N4O. The van der Waals surface area contributed by atoms with Crippen molar-refractivity contribution in [1.29, 1.82) is 0 Å². The average molecular weight is 150 g/mol. The first-order valence-electron chi connectivity index (χ1n) is 2.91. The standard InChI is InChI=1S/C4H4N2.C2H2N2O/c1-2-6-4-3-5-1;1-2-5-4-3-1/h1-4H;1-2H. The molecule has 5 nitrogen and oxygen atoms in total. The van der Waals surface area contributed by atoms with Crippen molar-refractivity contribution in [2.75, 3.05) is 0 Å². The van der Waals surface area contributed by atoms with E-state index in [0.717, 1.165) is 0 Å². The second-order valence-corrected chi connectivity index (χ2v) is 1.48. The maximum Gasteiger partial charge on any atom is 0.144 e. The lowest BCUT2D eigenvalue weighted by Crippen LogP contribution is -1.66. The summed E-state index contributed by atoms with van der Waals surface area (Å²) in [5.74, 6) is 0. The van der Waals surface area contributed by atoms with Crippen LogP contribution < -0.4 is 0 Å². The van der Waals surface area contributed by atoms with Gasteiger partial charge in [0.2, 0.25) is 0 Å². The van der Waals surface area contributed by atoms with Crippen molar-refractivity contribution in [2.24, 2.45) is 0 Å². The van der Waals surface area contributed by atoms with Gasteiger partial charge in [0, 0.05) is 30.1 Å². The fourth-order valence-corrected chi connectivity index (χ4v) is 0.389. The number of aromatic nitrogens is 4. The van der Waals surface area contributed by atoms with Gasteiger partial charge in [-0.25, -0.2) is 0 Å². The molecule has 11 heavy (non-hydrogen) atoms. The van der Waals surface area contributed by atoms with Crippen LogP contribution in [0.1, 0.15) is 0 Å². The van der Waals surface area contributed by atoms with Crippen molar-refractivity contribution in [3.63, 3.8) is 0 Å². The molecule has 0 unspecified atom stereocenters. The zero-order valence-electron chi connectivity index (χ0n) is 5.66. The fraction of sp³-hybridized carbons (Fsp3) is 0. The van der Waals surface area contributed by atoms with Gasteiger partial charge >= 0.3 is 0 Å². The lowest BCUT2D eigenvalue weighted by molar-refractivity contribution is 0.393. The van der Waals surface area contributed by atoms with Crippen LogP contribution in [0, 0.1) is 0 Å². The first kappa shape index (κ1) is 7.33. The molecule has 0 amide bonds. The minimum absolute atomic E-state index is 1.40. The molecule has 0 aliphatic carbocycles. The van der Waals surface area contributed by atoms with Crippen molar-refractivity contribution in [3.8, 4) is 0 Å². The highest BCUT2D eigenvalue weighted by Crippen LogP contribution is 1.66. The predicted octanol–water partition coefficient (Wildman–Crippen LogP) is 0.546. The molecule has 0 N–H and O–H groups in total. The third kappa shape index (κ3) is 3.74. The molecule has 2 rings (SSSR count). The van der Waals surface area contributed by atoms with Crippen LogP contribution in [-0.4, -0.2) is 20.3 Å². The smallest absolute Gasteiger partial charge is 0.144 e. The van der Waals surface area contributed by atoms with Crippen molar-refractivity contribution < 1.29 is 4.52 Å². The van der Waals surface area contributed by atoms with Gasteiger partial charge in [0.25, 0.3) is 0 Å². The van der Waals surface area contributed by atoms with Gasteiger partial charge in [-0.15, -0.1) is 5.10 Å². The van der Waals surface area contributed by atoms with E-state index in [-0.39, 0.29) is 0 Å². The van der Waals surface area contributed by atoms with E-state index in [1.165, 1.54) is 12.5 Å². The second-order valence-electron chi connectivity index (χ2n) is 1.48. The lowest BCUT2D eigenvalue weighted by atomic mass is 10.8.